The van der Waals surface area contributed by atoms with Crippen LogP contribution in [0.1, 0.15) is 28.7 Å². The average Bonchev–Trinajstić information content (AvgIpc) is 2.55. The Morgan fingerprint density at radius 1 is 1.50 bits per heavy atom. The number of hydrogen-bond acceptors (Lipinski definition) is 3. The molecule has 0 aliphatic rings. The number of carbonyl (C=O) groups is 1. The van der Waals surface area contributed by atoms with Crippen LogP contribution in [0.5, 0.6) is 0 Å². The van der Waals surface area contributed by atoms with Crippen LogP contribution in [0.15, 0.2) is 4.52 Å². The summed E-state index contributed by atoms with van der Waals surface area (Å²) in [5.41, 5.74) is 0.448. The van der Waals surface area contributed by atoms with Gasteiger partial charge in [-0.3, -0.25) is 4.79 Å². The van der Waals surface area contributed by atoms with E-state index < -0.39 is 18.6 Å². The van der Waals surface area contributed by atoms with Gasteiger partial charge < -0.3 is 9.84 Å². The zero-order valence-corrected chi connectivity index (χ0v) is 8.81. The second kappa shape index (κ2) is 4.54. The van der Waals surface area contributed by atoms with Crippen molar-refractivity contribution in [2.45, 2.75) is 26.4 Å². The van der Waals surface area contributed by atoms with Gasteiger partial charge in [-0.1, -0.05) is 12.1 Å². The van der Waals surface area contributed by atoms with Crippen molar-refractivity contribution in [3.63, 3.8) is 0 Å². The lowest BCUT2D eigenvalue weighted by atomic mass is 10.1. The summed E-state index contributed by atoms with van der Waals surface area (Å²) in [4.78, 5) is 11.4. The summed E-state index contributed by atoms with van der Waals surface area (Å²) in [7, 11) is 0. The second-order valence-corrected chi connectivity index (χ2v) is 3.21. The lowest BCUT2D eigenvalue weighted by Gasteiger charge is -2.07. The van der Waals surface area contributed by atoms with E-state index in [-0.39, 0.29) is 11.3 Å². The Hall–Kier alpha value is -1.53. The van der Waals surface area contributed by atoms with Crippen LogP contribution < -0.4 is 5.32 Å². The van der Waals surface area contributed by atoms with Gasteiger partial charge in [-0.2, -0.15) is 13.2 Å². The molecule has 1 heterocycles. The van der Waals surface area contributed by atoms with Crippen molar-refractivity contribution in [1.82, 2.24) is 10.5 Å². The molecule has 1 aromatic rings. The van der Waals surface area contributed by atoms with E-state index in [1.807, 2.05) is 0 Å². The first-order valence-electron chi connectivity index (χ1n) is 4.65. The van der Waals surface area contributed by atoms with Crippen LogP contribution >= 0.6 is 0 Å². The molecule has 0 unspecified atom stereocenters. The highest BCUT2D eigenvalue weighted by molar-refractivity contribution is 5.96. The highest BCUT2D eigenvalue weighted by Crippen LogP contribution is 2.16. The molecule has 0 fully saturated rings. The Morgan fingerprint density at radius 2 is 2.12 bits per heavy atom. The number of aromatic nitrogens is 1. The van der Waals surface area contributed by atoms with Crippen molar-refractivity contribution in [2.75, 3.05) is 6.54 Å². The molecule has 90 valence electrons. The highest BCUT2D eigenvalue weighted by atomic mass is 19.4. The summed E-state index contributed by atoms with van der Waals surface area (Å²) in [6.45, 7) is 1.85. The summed E-state index contributed by atoms with van der Waals surface area (Å²) in [6.07, 6.45) is -4.00. The third kappa shape index (κ3) is 2.98. The van der Waals surface area contributed by atoms with Crippen molar-refractivity contribution < 1.29 is 22.5 Å². The fourth-order valence-corrected chi connectivity index (χ4v) is 1.22. The molecule has 1 N–H and O–H groups in total. The van der Waals surface area contributed by atoms with Crippen LogP contribution in [0.25, 0.3) is 0 Å². The quantitative estimate of drug-likeness (QED) is 0.871. The van der Waals surface area contributed by atoms with Crippen molar-refractivity contribution in [1.29, 1.82) is 0 Å². The highest BCUT2D eigenvalue weighted by Gasteiger charge is 2.29. The van der Waals surface area contributed by atoms with Crippen LogP contribution in [0.2, 0.25) is 0 Å². The standard InChI is InChI=1S/C9H11F3N2O2/c1-3-6-7(5(2)16-14-6)8(15)13-4-9(10,11)12/h3-4H2,1-2H3,(H,13,15). The van der Waals surface area contributed by atoms with Gasteiger partial charge >= 0.3 is 6.18 Å². The predicted molar refractivity (Wildman–Crippen MR) is 49.0 cm³/mol. The van der Waals surface area contributed by atoms with Gasteiger partial charge in [0.1, 0.15) is 17.9 Å². The van der Waals surface area contributed by atoms with E-state index in [2.05, 4.69) is 5.16 Å². The number of rotatable bonds is 3. The number of nitrogens with one attached hydrogen (secondary N) is 1. The number of halogens is 3. The Morgan fingerprint density at radius 3 is 2.62 bits per heavy atom. The minimum atomic E-state index is -4.42. The van der Waals surface area contributed by atoms with Crippen LogP contribution in [-0.2, 0) is 6.42 Å². The molecule has 0 aliphatic heterocycles. The molecule has 0 spiro atoms. The van der Waals surface area contributed by atoms with Gasteiger partial charge in [0.2, 0.25) is 0 Å². The monoisotopic (exact) mass is 236 g/mol. The SMILES string of the molecule is CCc1noc(C)c1C(=O)NCC(F)(F)F. The molecule has 1 rings (SSSR count). The van der Waals surface area contributed by atoms with E-state index in [1.165, 1.54) is 6.92 Å². The van der Waals surface area contributed by atoms with Crippen molar-refractivity contribution in [3.05, 3.63) is 17.0 Å². The second-order valence-electron chi connectivity index (χ2n) is 3.21. The minimum Gasteiger partial charge on any atom is -0.361 e. The number of nitrogens with zero attached hydrogens (tertiary/aromatic N) is 1. The molecule has 0 atom stereocenters. The van der Waals surface area contributed by atoms with Crippen LogP contribution in [0.4, 0.5) is 13.2 Å². The normalized spacial score (nSPS) is 11.6. The van der Waals surface area contributed by atoms with E-state index in [4.69, 9.17) is 4.52 Å². The van der Waals surface area contributed by atoms with E-state index in [0.29, 0.717) is 12.1 Å². The van der Waals surface area contributed by atoms with E-state index in [1.54, 1.807) is 12.2 Å². The number of aryl methyl sites for hydroxylation is 2. The van der Waals surface area contributed by atoms with Gasteiger partial charge in [0.25, 0.3) is 5.91 Å². The molecule has 0 bridgehead atoms. The summed E-state index contributed by atoms with van der Waals surface area (Å²) in [5, 5.41) is 5.36. The molecule has 0 aliphatic carbocycles. The molecule has 1 amide bonds. The van der Waals surface area contributed by atoms with Crippen LogP contribution in [0.3, 0.4) is 0 Å². The van der Waals surface area contributed by atoms with Crippen LogP contribution in [0, 0.1) is 6.92 Å². The maximum absolute atomic E-state index is 11.9. The van der Waals surface area contributed by atoms with Gasteiger partial charge in [0.05, 0.1) is 5.69 Å². The van der Waals surface area contributed by atoms with E-state index in [0.717, 1.165) is 0 Å². The third-order valence-electron chi connectivity index (χ3n) is 1.94. The van der Waals surface area contributed by atoms with Crippen molar-refractivity contribution in [2.24, 2.45) is 0 Å². The first-order chi connectivity index (χ1) is 7.35. The molecule has 16 heavy (non-hydrogen) atoms. The lowest BCUT2D eigenvalue weighted by molar-refractivity contribution is -0.123. The van der Waals surface area contributed by atoms with E-state index in [9.17, 15) is 18.0 Å². The van der Waals surface area contributed by atoms with Gasteiger partial charge in [-0.05, 0) is 13.3 Å². The van der Waals surface area contributed by atoms with Gasteiger partial charge in [-0.25, -0.2) is 0 Å². The molecular weight excluding hydrogens is 225 g/mol. The fourth-order valence-electron chi connectivity index (χ4n) is 1.22. The molecule has 4 nitrogen and oxygen atoms in total. The summed E-state index contributed by atoms with van der Waals surface area (Å²) >= 11 is 0. The Kier molecular flexibility index (Phi) is 3.56. The third-order valence-corrected chi connectivity index (χ3v) is 1.94. The van der Waals surface area contributed by atoms with Gasteiger partial charge in [0, 0.05) is 0 Å². The first kappa shape index (κ1) is 12.5. The maximum Gasteiger partial charge on any atom is 0.405 e. The average molecular weight is 236 g/mol. The molecule has 0 saturated carbocycles. The molecule has 1 aromatic heterocycles. The zero-order chi connectivity index (χ0) is 12.3. The molecule has 0 radical (unpaired) electrons. The number of amides is 1. The molecule has 0 aromatic carbocycles. The first-order valence-corrected chi connectivity index (χ1v) is 4.65. The largest absolute Gasteiger partial charge is 0.405 e. The van der Waals surface area contributed by atoms with Gasteiger partial charge in [-0.15, -0.1) is 0 Å². The summed E-state index contributed by atoms with van der Waals surface area (Å²) < 4.78 is 40.4. The Labute approximate surface area is 89.8 Å². The Balaban J connectivity index is 2.76. The minimum absolute atomic E-state index is 0.0896. The number of hydrogen-bond donors (Lipinski definition) is 1. The number of alkyl halides is 3. The number of carbonyl (C=O) groups excluding carboxylic acids is 1. The zero-order valence-electron chi connectivity index (χ0n) is 8.81. The predicted octanol–water partition coefficient (Wildman–Crippen LogP) is 1.84. The van der Waals surface area contributed by atoms with Crippen molar-refractivity contribution in [3.8, 4) is 0 Å². The molecular formula is C9H11F3N2O2. The molecule has 0 saturated heterocycles. The smallest absolute Gasteiger partial charge is 0.361 e. The maximum atomic E-state index is 11.9. The Bertz CT molecular complexity index is 385. The van der Waals surface area contributed by atoms with E-state index >= 15 is 0 Å². The fraction of sp³-hybridized carbons (Fsp3) is 0.556. The lowest BCUT2D eigenvalue weighted by Crippen LogP contribution is -2.34. The summed E-state index contributed by atoms with van der Waals surface area (Å²) in [5.74, 6) is -0.593. The summed E-state index contributed by atoms with van der Waals surface area (Å²) in [6, 6.07) is 0. The van der Waals surface area contributed by atoms with Crippen LogP contribution in [-0.4, -0.2) is 23.8 Å². The molecule has 7 heteroatoms. The van der Waals surface area contributed by atoms with Crippen molar-refractivity contribution >= 4 is 5.91 Å². The van der Waals surface area contributed by atoms with Gasteiger partial charge in [0.15, 0.2) is 0 Å². The topological polar surface area (TPSA) is 55.1 Å².